The number of nitrogens with zero attached hydrogens (tertiary/aromatic N) is 3. The smallest absolute Gasteiger partial charge is 0.117 e. The van der Waals surface area contributed by atoms with Crippen LogP contribution in [0.3, 0.4) is 0 Å². The van der Waals surface area contributed by atoms with Gasteiger partial charge in [-0.3, -0.25) is 4.99 Å². The molecule has 0 aliphatic heterocycles. The topological polar surface area (TPSA) is 45.0 Å². The lowest BCUT2D eigenvalue weighted by molar-refractivity contribution is 0.866. The number of benzene rings is 2. The predicted molar refractivity (Wildman–Crippen MR) is 107 cm³/mol. The Hall–Kier alpha value is -1.76. The van der Waals surface area contributed by atoms with Crippen LogP contribution in [-0.4, -0.2) is 19.3 Å². The van der Waals surface area contributed by atoms with Crippen LogP contribution in [0.5, 0.6) is 0 Å². The van der Waals surface area contributed by atoms with Gasteiger partial charge < -0.3 is 4.90 Å². The summed E-state index contributed by atoms with van der Waals surface area (Å²) in [5.74, 6) is 0. The first-order valence-corrected chi connectivity index (χ1v) is 9.15. The maximum absolute atomic E-state index is 11.0. The van der Waals surface area contributed by atoms with Gasteiger partial charge in [0.25, 0.3) is 0 Å². The van der Waals surface area contributed by atoms with E-state index < -0.39 is 0 Å². The number of rotatable bonds is 7. The number of nitroso groups, excluding NO2 is 1. The van der Waals surface area contributed by atoms with Gasteiger partial charge in [-0.2, -0.15) is 0 Å². The van der Waals surface area contributed by atoms with Crippen molar-refractivity contribution in [1.29, 1.82) is 0 Å². The molecule has 0 saturated heterocycles. The first-order valence-electron chi connectivity index (χ1n) is 7.63. The lowest BCUT2D eigenvalue weighted by atomic mass is 10.1. The number of alkyl halides is 1. The van der Waals surface area contributed by atoms with Gasteiger partial charge in [0.1, 0.15) is 5.69 Å². The molecule has 5 heteroatoms. The van der Waals surface area contributed by atoms with Crippen LogP contribution in [0.1, 0.15) is 25.0 Å². The first-order chi connectivity index (χ1) is 11.2. The van der Waals surface area contributed by atoms with E-state index >= 15 is 0 Å². The molecule has 0 spiro atoms. The summed E-state index contributed by atoms with van der Waals surface area (Å²) in [6.07, 6.45) is 1.69. The summed E-state index contributed by atoms with van der Waals surface area (Å²) >= 11 is 2.26. The second-order valence-electron chi connectivity index (χ2n) is 5.06. The summed E-state index contributed by atoms with van der Waals surface area (Å²) in [7, 11) is 0. The van der Waals surface area contributed by atoms with Crippen molar-refractivity contribution in [1.82, 2.24) is 0 Å². The first kappa shape index (κ1) is 17.6. The average Bonchev–Trinajstić information content (AvgIpc) is 2.62. The van der Waals surface area contributed by atoms with Gasteiger partial charge in [-0.25, -0.2) is 0 Å². The number of hydrogen-bond donors (Lipinski definition) is 0. The Kier molecular flexibility index (Phi) is 6.70. The summed E-state index contributed by atoms with van der Waals surface area (Å²) in [5, 5.41) is 3.10. The molecule has 0 saturated carbocycles. The Bertz CT molecular complexity index is 679. The van der Waals surface area contributed by atoms with Gasteiger partial charge in [-0.15, -0.1) is 4.91 Å². The van der Waals surface area contributed by atoms with Gasteiger partial charge >= 0.3 is 0 Å². The molecule has 0 N–H and O–H groups in total. The molecule has 0 fully saturated rings. The third-order valence-electron chi connectivity index (χ3n) is 3.68. The third-order valence-corrected chi connectivity index (χ3v) is 4.56. The molecule has 4 nitrogen and oxygen atoms in total. The molecule has 0 aromatic heterocycles. The Morgan fingerprint density at radius 2 is 1.78 bits per heavy atom. The average molecular weight is 421 g/mol. The SMILES string of the molecule is CCN(CC)c1ccc(N=Cc2ccc(CI)cc2N=O)cc1. The molecule has 2 rings (SSSR count). The predicted octanol–water partition coefficient (Wildman–Crippen LogP) is 5.62. The second kappa shape index (κ2) is 8.76. The zero-order valence-corrected chi connectivity index (χ0v) is 15.5. The number of hydrogen-bond acceptors (Lipinski definition) is 4. The molecule has 0 amide bonds. The Labute approximate surface area is 150 Å². The molecule has 0 unspecified atom stereocenters. The summed E-state index contributed by atoms with van der Waals surface area (Å²) in [6, 6.07) is 13.8. The molecular formula is C18H20IN3O. The molecule has 2 aromatic carbocycles. The van der Waals surface area contributed by atoms with Crippen LogP contribution in [-0.2, 0) is 4.43 Å². The zero-order chi connectivity index (χ0) is 16.7. The molecular weight excluding hydrogens is 401 g/mol. The van der Waals surface area contributed by atoms with E-state index in [-0.39, 0.29) is 0 Å². The Balaban J connectivity index is 2.18. The van der Waals surface area contributed by atoms with Crippen molar-refractivity contribution < 1.29 is 0 Å². The molecule has 23 heavy (non-hydrogen) atoms. The lowest BCUT2D eigenvalue weighted by Crippen LogP contribution is -2.21. The van der Waals surface area contributed by atoms with Gasteiger partial charge in [0.15, 0.2) is 0 Å². The van der Waals surface area contributed by atoms with E-state index in [2.05, 4.69) is 63.6 Å². The minimum absolute atomic E-state index is 0.433. The highest BCUT2D eigenvalue weighted by Crippen LogP contribution is 2.23. The van der Waals surface area contributed by atoms with Gasteiger partial charge in [0.05, 0.1) is 5.69 Å². The van der Waals surface area contributed by atoms with Crippen molar-refractivity contribution >= 4 is 45.9 Å². The van der Waals surface area contributed by atoms with Crippen LogP contribution in [0.2, 0.25) is 0 Å². The van der Waals surface area contributed by atoms with E-state index in [1.54, 1.807) is 6.21 Å². The van der Waals surface area contributed by atoms with E-state index in [0.29, 0.717) is 5.69 Å². The van der Waals surface area contributed by atoms with Crippen molar-refractivity contribution in [2.75, 3.05) is 18.0 Å². The van der Waals surface area contributed by atoms with Crippen LogP contribution < -0.4 is 4.90 Å². The third kappa shape index (κ3) is 4.60. The monoisotopic (exact) mass is 421 g/mol. The Morgan fingerprint density at radius 1 is 1.09 bits per heavy atom. The summed E-state index contributed by atoms with van der Waals surface area (Å²) in [5.41, 5.74) is 4.30. The maximum Gasteiger partial charge on any atom is 0.117 e. The summed E-state index contributed by atoms with van der Waals surface area (Å²) in [4.78, 5) is 17.7. The number of halogens is 1. The van der Waals surface area contributed by atoms with Crippen molar-refractivity contribution in [3.05, 3.63) is 58.5 Å². The fourth-order valence-corrected chi connectivity index (χ4v) is 2.82. The Morgan fingerprint density at radius 3 is 2.35 bits per heavy atom. The molecule has 0 aliphatic rings. The highest BCUT2D eigenvalue weighted by atomic mass is 127. The van der Waals surface area contributed by atoms with Crippen molar-refractivity contribution in [2.24, 2.45) is 10.2 Å². The zero-order valence-electron chi connectivity index (χ0n) is 13.4. The van der Waals surface area contributed by atoms with Gasteiger partial charge in [-0.1, -0.05) is 34.7 Å². The molecule has 120 valence electrons. The van der Waals surface area contributed by atoms with Crippen LogP contribution in [0.15, 0.2) is 52.6 Å². The van der Waals surface area contributed by atoms with Gasteiger partial charge in [0, 0.05) is 35.0 Å². The minimum atomic E-state index is 0.433. The van der Waals surface area contributed by atoms with Crippen molar-refractivity contribution in [2.45, 2.75) is 18.3 Å². The van der Waals surface area contributed by atoms with E-state index in [9.17, 15) is 4.91 Å². The number of anilines is 1. The van der Waals surface area contributed by atoms with Crippen LogP contribution in [0, 0.1) is 4.91 Å². The minimum Gasteiger partial charge on any atom is -0.372 e. The van der Waals surface area contributed by atoms with E-state index in [0.717, 1.165) is 34.3 Å². The van der Waals surface area contributed by atoms with Crippen LogP contribution >= 0.6 is 22.6 Å². The van der Waals surface area contributed by atoms with E-state index in [1.807, 2.05) is 30.3 Å². The van der Waals surface area contributed by atoms with E-state index in [4.69, 9.17) is 0 Å². The lowest BCUT2D eigenvalue weighted by Gasteiger charge is -2.20. The van der Waals surface area contributed by atoms with Crippen molar-refractivity contribution in [3.8, 4) is 0 Å². The highest BCUT2D eigenvalue weighted by Gasteiger charge is 2.03. The fourth-order valence-electron chi connectivity index (χ4n) is 2.34. The van der Waals surface area contributed by atoms with Gasteiger partial charge in [0.2, 0.25) is 0 Å². The molecule has 0 heterocycles. The quantitative estimate of drug-likeness (QED) is 0.252. The largest absolute Gasteiger partial charge is 0.372 e. The van der Waals surface area contributed by atoms with Gasteiger partial charge in [-0.05, 0) is 54.9 Å². The summed E-state index contributed by atoms with van der Waals surface area (Å²) in [6.45, 7) is 6.25. The number of aliphatic imine (C=N–C) groups is 1. The molecule has 0 bridgehead atoms. The molecule has 0 atom stereocenters. The summed E-state index contributed by atoms with van der Waals surface area (Å²) < 4.78 is 0.852. The maximum atomic E-state index is 11.0. The van der Waals surface area contributed by atoms with Crippen LogP contribution in [0.4, 0.5) is 17.1 Å². The molecule has 2 aromatic rings. The highest BCUT2D eigenvalue weighted by molar-refractivity contribution is 14.1. The van der Waals surface area contributed by atoms with Crippen LogP contribution in [0.25, 0.3) is 0 Å². The van der Waals surface area contributed by atoms with E-state index in [1.165, 1.54) is 5.69 Å². The fraction of sp³-hybridized carbons (Fsp3) is 0.278. The molecule has 0 aliphatic carbocycles. The molecule has 0 radical (unpaired) electrons. The second-order valence-corrected chi connectivity index (χ2v) is 5.83. The normalized spacial score (nSPS) is 10.9. The van der Waals surface area contributed by atoms with Crippen molar-refractivity contribution in [3.63, 3.8) is 0 Å². The standard InChI is InChI=1S/C18H20IN3O/c1-3-22(4-2)17-9-7-16(8-10-17)20-13-15-6-5-14(12-19)11-18(15)21-23/h5-11,13H,3-4,12H2,1-2H3.